The molecule has 0 radical (unpaired) electrons. The summed E-state index contributed by atoms with van der Waals surface area (Å²) in [4.78, 5) is 11.2. The Labute approximate surface area is 178 Å². The first-order valence-corrected chi connectivity index (χ1v) is 13.7. The molecular formula is C20H34FN3O5Si. The lowest BCUT2D eigenvalue weighted by molar-refractivity contribution is -0.387. The summed E-state index contributed by atoms with van der Waals surface area (Å²) >= 11 is 0. The van der Waals surface area contributed by atoms with Crippen molar-refractivity contribution in [2.75, 3.05) is 26.4 Å². The average molecular weight is 444 g/mol. The van der Waals surface area contributed by atoms with Gasteiger partial charge in [-0.05, 0) is 43.8 Å². The van der Waals surface area contributed by atoms with Crippen molar-refractivity contribution in [2.24, 2.45) is 0 Å². The Morgan fingerprint density at radius 1 is 1.30 bits per heavy atom. The SMILES string of the molecule is CC(C)(C)[Si](C)(C)OCCCOc1nn(C2CCOCC2)c(C2(F)CC2)c1[N+](=O)[O-]. The summed E-state index contributed by atoms with van der Waals surface area (Å²) in [6.07, 6.45) is 2.46. The largest absolute Gasteiger partial charge is 0.472 e. The van der Waals surface area contributed by atoms with Gasteiger partial charge in [0, 0.05) is 26.2 Å². The van der Waals surface area contributed by atoms with Gasteiger partial charge >= 0.3 is 11.6 Å². The third-order valence-corrected chi connectivity index (χ3v) is 11.0. The smallest absolute Gasteiger partial charge is 0.356 e. The number of rotatable bonds is 9. The number of alkyl halides is 1. The van der Waals surface area contributed by atoms with Crippen molar-refractivity contribution in [3.63, 3.8) is 0 Å². The summed E-state index contributed by atoms with van der Waals surface area (Å²) in [7, 11) is -1.85. The molecule has 1 aliphatic carbocycles. The fraction of sp³-hybridized carbons (Fsp3) is 0.850. The third kappa shape index (κ3) is 4.86. The first-order chi connectivity index (χ1) is 14.0. The minimum absolute atomic E-state index is 0.0620. The molecule has 1 aromatic rings. The van der Waals surface area contributed by atoms with Gasteiger partial charge in [0.05, 0.1) is 17.6 Å². The van der Waals surface area contributed by atoms with Gasteiger partial charge in [-0.15, -0.1) is 5.10 Å². The third-order valence-electron chi connectivity index (χ3n) is 6.48. The average Bonchev–Trinajstić information content (AvgIpc) is 3.27. The fourth-order valence-corrected chi connectivity index (χ4v) is 4.48. The van der Waals surface area contributed by atoms with Gasteiger partial charge in [-0.25, -0.2) is 4.39 Å². The van der Waals surface area contributed by atoms with E-state index in [2.05, 4.69) is 39.0 Å². The van der Waals surface area contributed by atoms with Gasteiger partial charge in [0.15, 0.2) is 19.7 Å². The van der Waals surface area contributed by atoms with Crippen LogP contribution < -0.4 is 4.74 Å². The van der Waals surface area contributed by atoms with Gasteiger partial charge in [-0.3, -0.25) is 14.8 Å². The minimum atomic E-state index is -1.85. The lowest BCUT2D eigenvalue weighted by Gasteiger charge is -2.36. The summed E-state index contributed by atoms with van der Waals surface area (Å²) in [5.74, 6) is -0.0854. The van der Waals surface area contributed by atoms with E-state index in [4.69, 9.17) is 13.9 Å². The van der Waals surface area contributed by atoms with Crippen molar-refractivity contribution >= 4 is 14.0 Å². The van der Waals surface area contributed by atoms with Gasteiger partial charge in [0.25, 0.3) is 0 Å². The second-order valence-corrected chi connectivity index (χ2v) is 14.6. The number of halogens is 1. The normalized spacial score (nSPS) is 19.7. The van der Waals surface area contributed by atoms with E-state index < -0.39 is 18.9 Å². The molecule has 3 rings (SSSR count). The van der Waals surface area contributed by atoms with Crippen LogP contribution in [-0.4, -0.2) is 49.4 Å². The van der Waals surface area contributed by atoms with Crippen LogP contribution in [0.2, 0.25) is 18.1 Å². The Kier molecular flexibility index (Phi) is 6.59. The van der Waals surface area contributed by atoms with E-state index in [1.165, 1.54) is 4.68 Å². The fourth-order valence-electron chi connectivity index (χ4n) is 3.40. The van der Waals surface area contributed by atoms with Crippen LogP contribution in [0.15, 0.2) is 0 Å². The quantitative estimate of drug-likeness (QED) is 0.234. The van der Waals surface area contributed by atoms with Crippen LogP contribution in [-0.2, 0) is 14.8 Å². The predicted molar refractivity (Wildman–Crippen MR) is 113 cm³/mol. The second kappa shape index (κ2) is 8.55. The van der Waals surface area contributed by atoms with Crippen molar-refractivity contribution in [3.8, 4) is 5.88 Å². The van der Waals surface area contributed by atoms with E-state index in [9.17, 15) is 10.1 Å². The van der Waals surface area contributed by atoms with Gasteiger partial charge in [-0.2, -0.15) is 0 Å². The molecule has 0 bridgehead atoms. The highest BCUT2D eigenvalue weighted by molar-refractivity contribution is 6.74. The van der Waals surface area contributed by atoms with Crippen LogP contribution in [0.25, 0.3) is 0 Å². The lowest BCUT2D eigenvalue weighted by atomic mass is 10.1. The molecule has 1 saturated heterocycles. The van der Waals surface area contributed by atoms with Gasteiger partial charge in [0.1, 0.15) is 0 Å². The zero-order valence-electron chi connectivity index (χ0n) is 18.7. The van der Waals surface area contributed by atoms with Crippen molar-refractivity contribution in [1.82, 2.24) is 9.78 Å². The van der Waals surface area contributed by atoms with Crippen molar-refractivity contribution < 1.29 is 23.2 Å². The van der Waals surface area contributed by atoms with E-state index in [0.717, 1.165) is 0 Å². The van der Waals surface area contributed by atoms with E-state index in [0.29, 0.717) is 39.1 Å². The second-order valence-electron chi connectivity index (χ2n) is 9.82. The number of ether oxygens (including phenoxy) is 2. The Balaban J connectivity index is 1.71. The number of aromatic nitrogens is 2. The Hall–Kier alpha value is -1.52. The van der Waals surface area contributed by atoms with Crippen LogP contribution in [0, 0.1) is 10.1 Å². The summed E-state index contributed by atoms with van der Waals surface area (Å²) in [6.45, 7) is 12.7. The van der Waals surface area contributed by atoms with Crippen molar-refractivity contribution in [1.29, 1.82) is 0 Å². The van der Waals surface area contributed by atoms with Gasteiger partial charge in [-0.1, -0.05) is 20.8 Å². The highest BCUT2D eigenvalue weighted by Crippen LogP contribution is 2.55. The molecule has 170 valence electrons. The van der Waals surface area contributed by atoms with E-state index >= 15 is 4.39 Å². The standard InChI is InChI=1S/C20H34FN3O5Si/c1-19(2,3)30(4,5)29-12-6-11-28-18-16(24(25)26)17(20(21)9-10-20)23(22-18)15-7-13-27-14-8-15/h15H,6-14H2,1-5H3. The minimum Gasteiger partial charge on any atom is -0.472 e. The molecule has 10 heteroatoms. The molecule has 2 aliphatic rings. The predicted octanol–water partition coefficient (Wildman–Crippen LogP) is 4.89. The summed E-state index contributed by atoms with van der Waals surface area (Å²) in [6, 6.07) is -0.111. The van der Waals surface area contributed by atoms with E-state index in [1.807, 2.05) is 0 Å². The van der Waals surface area contributed by atoms with Crippen LogP contribution in [0.4, 0.5) is 10.1 Å². The molecule has 0 unspecified atom stereocenters. The molecule has 8 nitrogen and oxygen atoms in total. The first-order valence-electron chi connectivity index (χ1n) is 10.8. The maximum atomic E-state index is 15.1. The van der Waals surface area contributed by atoms with Gasteiger partial charge in [0.2, 0.25) is 0 Å². The van der Waals surface area contributed by atoms with Crippen molar-refractivity contribution in [2.45, 2.75) is 82.7 Å². The van der Waals surface area contributed by atoms with E-state index in [-0.39, 0.29) is 47.8 Å². The Morgan fingerprint density at radius 2 is 1.93 bits per heavy atom. The number of hydrogen-bond acceptors (Lipinski definition) is 6. The molecule has 0 spiro atoms. The molecule has 1 aliphatic heterocycles. The zero-order valence-corrected chi connectivity index (χ0v) is 19.7. The lowest BCUT2D eigenvalue weighted by Crippen LogP contribution is -2.41. The summed E-state index contributed by atoms with van der Waals surface area (Å²) in [5, 5.41) is 16.3. The summed E-state index contributed by atoms with van der Waals surface area (Å²) < 4.78 is 33.8. The molecule has 0 aromatic carbocycles. The first kappa shape index (κ1) is 23.1. The number of nitrogens with zero attached hydrogens (tertiary/aromatic N) is 3. The molecule has 0 atom stereocenters. The Morgan fingerprint density at radius 3 is 2.47 bits per heavy atom. The highest BCUT2D eigenvalue weighted by atomic mass is 28.4. The molecule has 0 N–H and O–H groups in total. The topological polar surface area (TPSA) is 88.7 Å². The molecule has 1 aromatic heterocycles. The molecular weight excluding hydrogens is 409 g/mol. The maximum absolute atomic E-state index is 15.1. The molecule has 0 amide bonds. The van der Waals surface area contributed by atoms with E-state index in [1.54, 1.807) is 0 Å². The number of hydrogen-bond donors (Lipinski definition) is 0. The zero-order chi connectivity index (χ0) is 22.2. The molecule has 2 fully saturated rings. The van der Waals surface area contributed by atoms with Crippen LogP contribution in [0.1, 0.15) is 64.6 Å². The molecule has 1 saturated carbocycles. The Bertz CT molecular complexity index is 767. The molecule has 30 heavy (non-hydrogen) atoms. The summed E-state index contributed by atoms with van der Waals surface area (Å²) in [5.41, 5.74) is -1.94. The number of nitro groups is 1. The van der Waals surface area contributed by atoms with Crippen LogP contribution in [0.5, 0.6) is 5.88 Å². The molecule has 2 heterocycles. The monoisotopic (exact) mass is 443 g/mol. The van der Waals surface area contributed by atoms with Crippen LogP contribution >= 0.6 is 0 Å². The highest BCUT2D eigenvalue weighted by Gasteiger charge is 2.54. The van der Waals surface area contributed by atoms with Crippen molar-refractivity contribution in [3.05, 3.63) is 15.8 Å². The van der Waals surface area contributed by atoms with Crippen LogP contribution in [0.3, 0.4) is 0 Å². The van der Waals surface area contributed by atoms with Gasteiger partial charge < -0.3 is 13.9 Å². The maximum Gasteiger partial charge on any atom is 0.356 e.